The van der Waals surface area contributed by atoms with Gasteiger partial charge in [0.1, 0.15) is 11.4 Å². The van der Waals surface area contributed by atoms with Crippen LogP contribution in [0.25, 0.3) is 5.57 Å². The number of hydrogen-bond acceptors (Lipinski definition) is 5. The van der Waals surface area contributed by atoms with Crippen LogP contribution < -0.4 is 4.74 Å². The molecule has 140 valence electrons. The molecular weight excluding hydrogens is 332 g/mol. The lowest BCUT2D eigenvalue weighted by Crippen LogP contribution is -2.41. The van der Waals surface area contributed by atoms with Gasteiger partial charge < -0.3 is 14.4 Å². The molecule has 6 nitrogen and oxygen atoms in total. The van der Waals surface area contributed by atoms with E-state index in [0.717, 1.165) is 11.3 Å². The van der Waals surface area contributed by atoms with Crippen molar-refractivity contribution >= 4 is 17.4 Å². The fourth-order valence-corrected chi connectivity index (χ4v) is 3.32. The van der Waals surface area contributed by atoms with E-state index in [1.165, 1.54) is 4.90 Å². The Bertz CT molecular complexity index is 703. The molecule has 0 unspecified atom stereocenters. The van der Waals surface area contributed by atoms with Crippen molar-refractivity contribution < 1.29 is 19.1 Å². The van der Waals surface area contributed by atoms with Gasteiger partial charge in [0.25, 0.3) is 11.8 Å². The normalized spacial score (nSPS) is 18.3. The van der Waals surface area contributed by atoms with E-state index >= 15 is 0 Å². The van der Waals surface area contributed by atoms with Gasteiger partial charge >= 0.3 is 0 Å². The quantitative estimate of drug-likeness (QED) is 0.730. The number of carbonyl (C=O) groups excluding carboxylic acids is 2. The van der Waals surface area contributed by atoms with Gasteiger partial charge in [0.15, 0.2) is 0 Å². The number of carbonyl (C=O) groups is 2. The second kappa shape index (κ2) is 7.91. The Kier molecular flexibility index (Phi) is 5.61. The van der Waals surface area contributed by atoms with E-state index in [0.29, 0.717) is 50.7 Å². The Morgan fingerprint density at radius 2 is 1.73 bits per heavy atom. The van der Waals surface area contributed by atoms with Gasteiger partial charge in [-0.25, -0.2) is 0 Å². The maximum atomic E-state index is 13.1. The lowest BCUT2D eigenvalue weighted by molar-refractivity contribution is -0.138. The van der Waals surface area contributed by atoms with Gasteiger partial charge in [0.2, 0.25) is 0 Å². The third-order valence-electron chi connectivity index (χ3n) is 4.47. The molecule has 2 aliphatic heterocycles. The minimum atomic E-state index is -0.214. The largest absolute Gasteiger partial charge is 0.494 e. The average Bonchev–Trinajstić information content (AvgIpc) is 2.88. The van der Waals surface area contributed by atoms with E-state index < -0.39 is 0 Å². The Balaban J connectivity index is 2.00. The number of nitrogens with zero attached hydrogens (tertiary/aromatic N) is 2. The van der Waals surface area contributed by atoms with Crippen LogP contribution in [-0.4, -0.2) is 61.1 Å². The SMILES string of the molecule is CCOc1ccc(C2=C(N3CCOCC3)C(=O)N(CC(C)C)C2=O)cc1. The van der Waals surface area contributed by atoms with Crippen LogP contribution in [0.4, 0.5) is 0 Å². The molecule has 1 fully saturated rings. The lowest BCUT2D eigenvalue weighted by atomic mass is 10.0. The van der Waals surface area contributed by atoms with Crippen molar-refractivity contribution in [2.75, 3.05) is 39.5 Å². The van der Waals surface area contributed by atoms with Crippen LogP contribution in [0.2, 0.25) is 0 Å². The molecule has 0 saturated carbocycles. The van der Waals surface area contributed by atoms with Crippen LogP contribution in [-0.2, 0) is 14.3 Å². The molecule has 1 aromatic rings. The monoisotopic (exact) mass is 358 g/mol. The third kappa shape index (κ3) is 3.60. The summed E-state index contributed by atoms with van der Waals surface area (Å²) in [4.78, 5) is 29.5. The van der Waals surface area contributed by atoms with E-state index in [9.17, 15) is 9.59 Å². The molecule has 3 rings (SSSR count). The van der Waals surface area contributed by atoms with Gasteiger partial charge in [-0.05, 0) is 30.5 Å². The first-order valence-electron chi connectivity index (χ1n) is 9.19. The number of imide groups is 1. The molecule has 0 radical (unpaired) electrons. The van der Waals surface area contributed by atoms with Crippen LogP contribution in [0.3, 0.4) is 0 Å². The number of morpholine rings is 1. The molecule has 1 saturated heterocycles. The molecule has 0 aliphatic carbocycles. The number of ether oxygens (including phenoxy) is 2. The maximum Gasteiger partial charge on any atom is 0.277 e. The summed E-state index contributed by atoms with van der Waals surface area (Å²) in [7, 11) is 0. The van der Waals surface area contributed by atoms with Gasteiger partial charge in [0, 0.05) is 19.6 Å². The topological polar surface area (TPSA) is 59.1 Å². The van der Waals surface area contributed by atoms with Gasteiger partial charge in [0.05, 0.1) is 25.4 Å². The minimum absolute atomic E-state index is 0.200. The summed E-state index contributed by atoms with van der Waals surface area (Å²) in [6.07, 6.45) is 0. The fourth-order valence-electron chi connectivity index (χ4n) is 3.32. The standard InChI is InChI=1S/C20H26N2O4/c1-4-26-16-7-5-15(6-8-16)17-18(21-9-11-25-12-10-21)20(24)22(19(17)23)13-14(2)3/h5-8,14H,4,9-13H2,1-3H3. The molecule has 1 aromatic carbocycles. The first-order chi connectivity index (χ1) is 12.5. The summed E-state index contributed by atoms with van der Waals surface area (Å²) in [6.45, 7) is 9.29. The summed E-state index contributed by atoms with van der Waals surface area (Å²) in [6, 6.07) is 7.38. The van der Waals surface area contributed by atoms with Gasteiger partial charge in [-0.2, -0.15) is 0 Å². The molecular formula is C20H26N2O4. The molecule has 6 heteroatoms. The van der Waals surface area contributed by atoms with Crippen molar-refractivity contribution in [1.29, 1.82) is 0 Å². The van der Waals surface area contributed by atoms with Crippen LogP contribution >= 0.6 is 0 Å². The third-order valence-corrected chi connectivity index (χ3v) is 4.47. The Morgan fingerprint density at radius 3 is 2.31 bits per heavy atom. The summed E-state index contributed by atoms with van der Waals surface area (Å²) in [5.74, 6) is 0.554. The van der Waals surface area contributed by atoms with Crippen LogP contribution in [0.1, 0.15) is 26.3 Å². The Hall–Kier alpha value is -2.34. The second-order valence-electron chi connectivity index (χ2n) is 6.90. The molecule has 0 bridgehead atoms. The summed E-state index contributed by atoms with van der Waals surface area (Å²) >= 11 is 0. The highest BCUT2D eigenvalue weighted by Gasteiger charge is 2.41. The zero-order valence-corrected chi connectivity index (χ0v) is 15.7. The van der Waals surface area contributed by atoms with Crippen LogP contribution in [0, 0.1) is 5.92 Å². The lowest BCUT2D eigenvalue weighted by Gasteiger charge is -2.29. The van der Waals surface area contributed by atoms with E-state index in [1.807, 2.05) is 49.9 Å². The first-order valence-corrected chi connectivity index (χ1v) is 9.19. The molecule has 0 atom stereocenters. The van der Waals surface area contributed by atoms with Crippen molar-refractivity contribution in [3.05, 3.63) is 35.5 Å². The highest BCUT2D eigenvalue weighted by atomic mass is 16.5. The maximum absolute atomic E-state index is 13.1. The highest BCUT2D eigenvalue weighted by molar-refractivity contribution is 6.35. The molecule has 0 aromatic heterocycles. The van der Waals surface area contributed by atoms with E-state index in [4.69, 9.17) is 9.47 Å². The summed E-state index contributed by atoms with van der Waals surface area (Å²) in [5.41, 5.74) is 1.74. The van der Waals surface area contributed by atoms with Crippen LogP contribution in [0.15, 0.2) is 30.0 Å². The average molecular weight is 358 g/mol. The number of amides is 2. The van der Waals surface area contributed by atoms with Gasteiger partial charge in [-0.3, -0.25) is 14.5 Å². The predicted molar refractivity (Wildman–Crippen MR) is 98.5 cm³/mol. The van der Waals surface area contributed by atoms with Crippen molar-refractivity contribution in [2.45, 2.75) is 20.8 Å². The summed E-state index contributed by atoms with van der Waals surface area (Å²) < 4.78 is 10.9. The molecule has 2 aliphatic rings. The molecule has 0 spiro atoms. The molecule has 0 N–H and O–H groups in total. The van der Waals surface area contributed by atoms with E-state index in [-0.39, 0.29) is 17.7 Å². The Morgan fingerprint density at radius 1 is 1.08 bits per heavy atom. The second-order valence-corrected chi connectivity index (χ2v) is 6.90. The van der Waals surface area contributed by atoms with Gasteiger partial charge in [-0.15, -0.1) is 0 Å². The zero-order valence-electron chi connectivity index (χ0n) is 15.7. The predicted octanol–water partition coefficient (Wildman–Crippen LogP) is 2.15. The van der Waals surface area contributed by atoms with E-state index in [1.54, 1.807) is 0 Å². The highest BCUT2D eigenvalue weighted by Crippen LogP contribution is 2.33. The number of rotatable bonds is 6. The summed E-state index contributed by atoms with van der Waals surface area (Å²) in [5, 5.41) is 0. The molecule has 2 heterocycles. The molecule has 2 amide bonds. The first kappa shape index (κ1) is 18.5. The molecule has 26 heavy (non-hydrogen) atoms. The van der Waals surface area contributed by atoms with Crippen molar-refractivity contribution in [3.63, 3.8) is 0 Å². The smallest absolute Gasteiger partial charge is 0.277 e. The fraction of sp³-hybridized carbons (Fsp3) is 0.500. The zero-order chi connectivity index (χ0) is 18.7. The number of benzene rings is 1. The Labute approximate surface area is 154 Å². The number of hydrogen-bond donors (Lipinski definition) is 0. The van der Waals surface area contributed by atoms with Crippen molar-refractivity contribution in [2.24, 2.45) is 5.92 Å². The van der Waals surface area contributed by atoms with E-state index in [2.05, 4.69) is 0 Å². The van der Waals surface area contributed by atoms with Gasteiger partial charge in [-0.1, -0.05) is 26.0 Å². The van der Waals surface area contributed by atoms with Crippen LogP contribution in [0.5, 0.6) is 5.75 Å². The van der Waals surface area contributed by atoms with Crippen molar-refractivity contribution in [3.8, 4) is 5.75 Å². The van der Waals surface area contributed by atoms with Crippen molar-refractivity contribution in [1.82, 2.24) is 9.80 Å². The minimum Gasteiger partial charge on any atom is -0.494 e.